The van der Waals surface area contributed by atoms with E-state index in [4.69, 9.17) is 27.9 Å². The fourth-order valence-corrected chi connectivity index (χ4v) is 3.06. The molecule has 0 amide bonds. The number of hydrogen-bond donors (Lipinski definition) is 0. The maximum Gasteiger partial charge on any atom is 0.127 e. The van der Waals surface area contributed by atoms with Gasteiger partial charge in [-0.15, -0.1) is 0 Å². The van der Waals surface area contributed by atoms with Gasteiger partial charge in [-0.2, -0.15) is 5.26 Å². The van der Waals surface area contributed by atoms with Crippen LogP contribution in [0.2, 0.25) is 10.0 Å². The van der Waals surface area contributed by atoms with Crippen LogP contribution in [-0.4, -0.2) is 0 Å². The molecule has 0 saturated heterocycles. The molecule has 0 spiro atoms. The molecule has 3 aromatic carbocycles. The van der Waals surface area contributed by atoms with Crippen molar-refractivity contribution in [3.63, 3.8) is 0 Å². The zero-order valence-corrected chi connectivity index (χ0v) is 16.3. The minimum atomic E-state index is 0.313. The third-order valence-corrected chi connectivity index (χ3v) is 4.69. The molecule has 134 valence electrons. The maximum absolute atomic E-state index is 9.58. The normalized spacial score (nSPS) is 11.1. The quantitative estimate of drug-likeness (QED) is 0.347. The highest BCUT2D eigenvalue weighted by Crippen LogP contribution is 2.27. The van der Waals surface area contributed by atoms with E-state index in [1.807, 2.05) is 67.6 Å². The summed E-state index contributed by atoms with van der Waals surface area (Å²) in [5.74, 6) is 0.684. The van der Waals surface area contributed by atoms with Crippen molar-refractivity contribution in [3.8, 4) is 11.8 Å². The van der Waals surface area contributed by atoms with Gasteiger partial charge in [0.05, 0.1) is 11.6 Å². The van der Waals surface area contributed by atoms with E-state index in [1.54, 1.807) is 12.1 Å². The Hall–Kier alpha value is -2.73. The van der Waals surface area contributed by atoms with Crippen molar-refractivity contribution in [1.29, 1.82) is 5.26 Å². The Labute approximate surface area is 169 Å². The Bertz CT molecular complexity index is 1020. The van der Waals surface area contributed by atoms with Crippen molar-refractivity contribution >= 4 is 34.9 Å². The van der Waals surface area contributed by atoms with Gasteiger partial charge in [0, 0.05) is 21.2 Å². The molecule has 2 nitrogen and oxygen atoms in total. The van der Waals surface area contributed by atoms with E-state index in [1.165, 1.54) is 0 Å². The second-order valence-corrected chi connectivity index (χ2v) is 6.94. The van der Waals surface area contributed by atoms with Gasteiger partial charge in [0.2, 0.25) is 0 Å². The van der Waals surface area contributed by atoms with Crippen molar-refractivity contribution < 1.29 is 4.74 Å². The van der Waals surface area contributed by atoms with Gasteiger partial charge < -0.3 is 4.74 Å². The molecule has 0 bridgehead atoms. The Morgan fingerprint density at radius 1 is 1.04 bits per heavy atom. The molecule has 0 saturated carbocycles. The van der Waals surface area contributed by atoms with Gasteiger partial charge in [-0.25, -0.2) is 0 Å². The number of para-hydroxylation sites is 1. The number of nitriles is 1. The van der Waals surface area contributed by atoms with E-state index >= 15 is 0 Å². The van der Waals surface area contributed by atoms with Crippen molar-refractivity contribution in [1.82, 2.24) is 0 Å². The standard InChI is InChI=1S/C23H17Cl2NO/c1-16-6-8-17(9-7-16)20(14-26)12-18-4-2-3-5-23(18)27-15-19-10-11-21(24)13-22(19)25/h2-13H,15H2,1H3/b20-12-. The highest BCUT2D eigenvalue weighted by atomic mass is 35.5. The van der Waals surface area contributed by atoms with E-state index in [0.29, 0.717) is 28.0 Å². The number of allylic oxidation sites excluding steroid dienone is 1. The van der Waals surface area contributed by atoms with Crippen LogP contribution < -0.4 is 4.74 Å². The predicted octanol–water partition coefficient (Wildman–Crippen LogP) is 6.95. The molecule has 0 aliphatic rings. The fourth-order valence-electron chi connectivity index (χ4n) is 2.59. The van der Waals surface area contributed by atoms with Gasteiger partial charge in [-0.1, -0.05) is 77.3 Å². The van der Waals surface area contributed by atoms with Crippen molar-refractivity contribution in [2.45, 2.75) is 13.5 Å². The Balaban J connectivity index is 1.87. The van der Waals surface area contributed by atoms with Crippen LogP contribution in [0.15, 0.2) is 66.7 Å². The number of ether oxygens (including phenoxy) is 1. The molecular weight excluding hydrogens is 377 g/mol. The summed E-state index contributed by atoms with van der Waals surface area (Å²) in [7, 11) is 0. The van der Waals surface area contributed by atoms with Crippen LogP contribution in [0.3, 0.4) is 0 Å². The molecule has 0 aliphatic carbocycles. The van der Waals surface area contributed by atoms with Crippen LogP contribution in [-0.2, 0) is 6.61 Å². The average Bonchev–Trinajstić information content (AvgIpc) is 2.67. The monoisotopic (exact) mass is 393 g/mol. The van der Waals surface area contributed by atoms with E-state index < -0.39 is 0 Å². The molecule has 3 aromatic rings. The molecule has 0 atom stereocenters. The van der Waals surface area contributed by atoms with Crippen molar-refractivity contribution in [2.24, 2.45) is 0 Å². The van der Waals surface area contributed by atoms with Gasteiger partial charge in [0.25, 0.3) is 0 Å². The lowest BCUT2D eigenvalue weighted by Gasteiger charge is -2.11. The summed E-state index contributed by atoms with van der Waals surface area (Å²) < 4.78 is 5.96. The van der Waals surface area contributed by atoms with Gasteiger partial charge in [0.1, 0.15) is 12.4 Å². The summed E-state index contributed by atoms with van der Waals surface area (Å²) in [5, 5.41) is 10.7. The van der Waals surface area contributed by atoms with E-state index in [0.717, 1.165) is 22.3 Å². The lowest BCUT2D eigenvalue weighted by atomic mass is 10.0. The first-order valence-corrected chi connectivity index (χ1v) is 9.17. The summed E-state index contributed by atoms with van der Waals surface area (Å²) in [6, 6.07) is 23.1. The average molecular weight is 394 g/mol. The van der Waals surface area contributed by atoms with Crippen molar-refractivity contribution in [3.05, 3.63) is 99.0 Å². The SMILES string of the molecule is Cc1ccc(/C(C#N)=C\c2ccccc2OCc2ccc(Cl)cc2Cl)cc1. The highest BCUT2D eigenvalue weighted by molar-refractivity contribution is 6.35. The molecule has 0 radical (unpaired) electrons. The summed E-state index contributed by atoms with van der Waals surface area (Å²) in [5.41, 5.74) is 4.28. The first-order valence-electron chi connectivity index (χ1n) is 8.41. The third kappa shape index (κ3) is 4.92. The van der Waals surface area contributed by atoms with E-state index in [-0.39, 0.29) is 0 Å². The Morgan fingerprint density at radius 2 is 1.78 bits per heavy atom. The molecule has 0 fully saturated rings. The van der Waals surface area contributed by atoms with Gasteiger partial charge in [0.15, 0.2) is 0 Å². The highest BCUT2D eigenvalue weighted by Gasteiger charge is 2.07. The molecule has 0 aliphatic heterocycles. The number of rotatable bonds is 5. The van der Waals surface area contributed by atoms with Crippen LogP contribution in [0.4, 0.5) is 0 Å². The summed E-state index contributed by atoms with van der Waals surface area (Å²) in [6.45, 7) is 2.33. The van der Waals surface area contributed by atoms with Gasteiger partial charge in [-0.05, 0) is 36.8 Å². The molecule has 3 rings (SSSR count). The summed E-state index contributed by atoms with van der Waals surface area (Å²) in [6.07, 6.45) is 1.84. The topological polar surface area (TPSA) is 33.0 Å². The predicted molar refractivity (Wildman–Crippen MR) is 112 cm³/mol. The fraction of sp³-hybridized carbons (Fsp3) is 0.0870. The summed E-state index contributed by atoms with van der Waals surface area (Å²) >= 11 is 12.2. The van der Waals surface area contributed by atoms with Crippen LogP contribution in [0.5, 0.6) is 5.75 Å². The molecule has 27 heavy (non-hydrogen) atoms. The van der Waals surface area contributed by atoms with E-state index in [2.05, 4.69) is 6.07 Å². The Morgan fingerprint density at radius 3 is 2.48 bits per heavy atom. The van der Waals surface area contributed by atoms with Gasteiger partial charge >= 0.3 is 0 Å². The van der Waals surface area contributed by atoms with Crippen LogP contribution in [0.25, 0.3) is 11.6 Å². The minimum absolute atomic E-state index is 0.313. The largest absolute Gasteiger partial charge is 0.488 e. The Kier molecular flexibility index (Phi) is 6.19. The van der Waals surface area contributed by atoms with Crippen molar-refractivity contribution in [2.75, 3.05) is 0 Å². The van der Waals surface area contributed by atoms with Crippen LogP contribution in [0, 0.1) is 18.3 Å². The molecule has 0 heterocycles. The first kappa shape index (κ1) is 19.0. The molecule has 0 unspecified atom stereocenters. The molecule has 0 N–H and O–H groups in total. The van der Waals surface area contributed by atoms with E-state index in [9.17, 15) is 5.26 Å². The maximum atomic E-state index is 9.58. The number of benzene rings is 3. The second kappa shape index (κ2) is 8.77. The number of halogens is 2. The molecular formula is C23H17Cl2NO. The first-order chi connectivity index (χ1) is 13.1. The number of hydrogen-bond acceptors (Lipinski definition) is 2. The third-order valence-electron chi connectivity index (χ3n) is 4.10. The lowest BCUT2D eigenvalue weighted by molar-refractivity contribution is 0.305. The molecule has 0 aromatic heterocycles. The number of aryl methyl sites for hydroxylation is 1. The zero-order chi connectivity index (χ0) is 19.2. The van der Waals surface area contributed by atoms with Crippen LogP contribution >= 0.6 is 23.2 Å². The minimum Gasteiger partial charge on any atom is -0.488 e. The summed E-state index contributed by atoms with van der Waals surface area (Å²) in [4.78, 5) is 0. The number of nitrogens with zero attached hydrogens (tertiary/aromatic N) is 1. The van der Waals surface area contributed by atoms with Gasteiger partial charge in [-0.3, -0.25) is 0 Å². The second-order valence-electron chi connectivity index (χ2n) is 6.10. The lowest BCUT2D eigenvalue weighted by Crippen LogP contribution is -1.98. The van der Waals surface area contributed by atoms with Crippen LogP contribution in [0.1, 0.15) is 22.3 Å². The smallest absolute Gasteiger partial charge is 0.127 e. The molecule has 4 heteroatoms. The zero-order valence-electron chi connectivity index (χ0n) is 14.7.